The highest BCUT2D eigenvalue weighted by molar-refractivity contribution is 5.94. The second kappa shape index (κ2) is 6.07. The minimum atomic E-state index is -0.533. The van der Waals surface area contributed by atoms with Crippen molar-refractivity contribution in [3.8, 4) is 0 Å². The number of benzene rings is 1. The van der Waals surface area contributed by atoms with Crippen LogP contribution in [0.3, 0.4) is 0 Å². The molecule has 0 unspecified atom stereocenters. The van der Waals surface area contributed by atoms with Crippen molar-refractivity contribution in [1.29, 1.82) is 0 Å². The Labute approximate surface area is 119 Å². The molecule has 4 nitrogen and oxygen atoms in total. The first-order valence-corrected chi connectivity index (χ1v) is 7.10. The number of carbonyl (C=O) groups is 2. The van der Waals surface area contributed by atoms with E-state index in [9.17, 15) is 9.59 Å². The highest BCUT2D eigenvalue weighted by Gasteiger charge is 2.45. The number of likely N-dealkylation sites (tertiary alicyclic amines) is 1. The molecular formula is C16H21NO3. The molecule has 0 radical (unpaired) electrons. The van der Waals surface area contributed by atoms with Crippen LogP contribution in [-0.2, 0) is 9.53 Å². The van der Waals surface area contributed by atoms with Gasteiger partial charge in [-0.3, -0.25) is 4.79 Å². The molecule has 4 heteroatoms. The lowest BCUT2D eigenvalue weighted by Gasteiger charge is -2.28. The third-order valence-corrected chi connectivity index (χ3v) is 3.82. The van der Waals surface area contributed by atoms with Gasteiger partial charge in [0, 0.05) is 6.42 Å². The Bertz CT molecular complexity index is 484. The quantitative estimate of drug-likeness (QED) is 0.849. The SMILES string of the molecule is CCOC(=O)N1C(=O)C[C@H](C(C)C)[C@H]1c1ccccc1. The van der Waals surface area contributed by atoms with Gasteiger partial charge in [0.05, 0.1) is 12.6 Å². The normalized spacial score (nSPS) is 22.4. The van der Waals surface area contributed by atoms with E-state index in [4.69, 9.17) is 4.74 Å². The van der Waals surface area contributed by atoms with Crippen LogP contribution in [0.15, 0.2) is 30.3 Å². The summed E-state index contributed by atoms with van der Waals surface area (Å²) in [5.41, 5.74) is 0.991. The van der Waals surface area contributed by atoms with Crippen molar-refractivity contribution < 1.29 is 14.3 Å². The first-order chi connectivity index (χ1) is 9.56. The molecule has 0 spiro atoms. The van der Waals surface area contributed by atoms with Crippen LogP contribution in [0.25, 0.3) is 0 Å². The van der Waals surface area contributed by atoms with Gasteiger partial charge in [0.25, 0.3) is 0 Å². The lowest BCUT2D eigenvalue weighted by Crippen LogP contribution is -2.36. The van der Waals surface area contributed by atoms with E-state index in [0.29, 0.717) is 12.3 Å². The first kappa shape index (κ1) is 14.6. The van der Waals surface area contributed by atoms with Crippen molar-refractivity contribution in [2.75, 3.05) is 6.61 Å². The third kappa shape index (κ3) is 2.69. The van der Waals surface area contributed by atoms with E-state index in [1.807, 2.05) is 30.3 Å². The summed E-state index contributed by atoms with van der Waals surface area (Å²) in [6, 6.07) is 9.50. The summed E-state index contributed by atoms with van der Waals surface area (Å²) in [5, 5.41) is 0. The largest absolute Gasteiger partial charge is 0.449 e. The number of amides is 2. The number of carbonyl (C=O) groups excluding carboxylic acids is 2. The molecule has 2 amide bonds. The zero-order valence-electron chi connectivity index (χ0n) is 12.2. The molecule has 0 bridgehead atoms. The van der Waals surface area contributed by atoms with Gasteiger partial charge in [-0.15, -0.1) is 0 Å². The van der Waals surface area contributed by atoms with Crippen LogP contribution >= 0.6 is 0 Å². The monoisotopic (exact) mass is 275 g/mol. The van der Waals surface area contributed by atoms with Gasteiger partial charge in [-0.05, 0) is 24.3 Å². The van der Waals surface area contributed by atoms with Gasteiger partial charge >= 0.3 is 6.09 Å². The summed E-state index contributed by atoms with van der Waals surface area (Å²) in [7, 11) is 0. The molecule has 2 atom stereocenters. The van der Waals surface area contributed by atoms with E-state index < -0.39 is 6.09 Å². The third-order valence-electron chi connectivity index (χ3n) is 3.82. The Morgan fingerprint density at radius 3 is 2.55 bits per heavy atom. The van der Waals surface area contributed by atoms with Crippen LogP contribution < -0.4 is 0 Å². The number of ether oxygens (including phenoxy) is 1. The molecule has 1 heterocycles. The van der Waals surface area contributed by atoms with Crippen LogP contribution in [0.5, 0.6) is 0 Å². The second-order valence-electron chi connectivity index (χ2n) is 5.43. The zero-order chi connectivity index (χ0) is 14.7. The molecule has 1 fully saturated rings. The maximum atomic E-state index is 12.2. The Morgan fingerprint density at radius 1 is 1.35 bits per heavy atom. The summed E-state index contributed by atoms with van der Waals surface area (Å²) in [4.78, 5) is 25.6. The fourth-order valence-electron chi connectivity index (χ4n) is 2.81. The van der Waals surface area contributed by atoms with Gasteiger partial charge in [0.15, 0.2) is 0 Å². The van der Waals surface area contributed by atoms with E-state index in [1.165, 1.54) is 4.90 Å². The van der Waals surface area contributed by atoms with E-state index in [1.54, 1.807) is 6.92 Å². The molecule has 0 aliphatic carbocycles. The van der Waals surface area contributed by atoms with E-state index in [0.717, 1.165) is 5.56 Å². The van der Waals surface area contributed by atoms with E-state index >= 15 is 0 Å². The van der Waals surface area contributed by atoms with Gasteiger partial charge in [-0.2, -0.15) is 0 Å². The van der Waals surface area contributed by atoms with Gasteiger partial charge in [0.2, 0.25) is 5.91 Å². The van der Waals surface area contributed by atoms with Crippen LogP contribution in [0.2, 0.25) is 0 Å². The van der Waals surface area contributed by atoms with Crippen molar-refractivity contribution in [2.24, 2.45) is 11.8 Å². The smallest absolute Gasteiger partial charge is 0.417 e. The minimum absolute atomic E-state index is 0.134. The highest BCUT2D eigenvalue weighted by Crippen LogP contribution is 2.42. The van der Waals surface area contributed by atoms with Gasteiger partial charge in [0.1, 0.15) is 0 Å². The number of hydrogen-bond donors (Lipinski definition) is 0. The molecule has 0 saturated carbocycles. The average Bonchev–Trinajstić information content (AvgIpc) is 2.78. The van der Waals surface area contributed by atoms with E-state index in [-0.39, 0.29) is 24.5 Å². The Morgan fingerprint density at radius 2 is 2.00 bits per heavy atom. The van der Waals surface area contributed by atoms with Crippen molar-refractivity contribution in [3.63, 3.8) is 0 Å². The summed E-state index contributed by atoms with van der Waals surface area (Å²) in [5.74, 6) is 0.314. The standard InChI is InChI=1S/C16H21NO3/c1-4-20-16(19)17-14(18)10-13(11(2)3)15(17)12-8-6-5-7-9-12/h5-9,11,13,15H,4,10H2,1-3H3/t13-,15-/m1/s1. The van der Waals surface area contributed by atoms with Crippen molar-refractivity contribution >= 4 is 12.0 Å². The maximum absolute atomic E-state index is 12.2. The minimum Gasteiger partial charge on any atom is -0.449 e. The second-order valence-corrected chi connectivity index (χ2v) is 5.43. The average molecular weight is 275 g/mol. The summed E-state index contributed by atoms with van der Waals surface area (Å²) < 4.78 is 5.04. The number of nitrogens with zero attached hydrogens (tertiary/aromatic N) is 1. The summed E-state index contributed by atoms with van der Waals surface area (Å²) >= 11 is 0. The fourth-order valence-corrected chi connectivity index (χ4v) is 2.81. The van der Waals surface area contributed by atoms with Gasteiger partial charge in [-0.25, -0.2) is 9.69 Å². The highest BCUT2D eigenvalue weighted by atomic mass is 16.6. The Balaban J connectivity index is 2.38. The molecule has 1 saturated heterocycles. The maximum Gasteiger partial charge on any atom is 0.417 e. The molecular weight excluding hydrogens is 254 g/mol. The van der Waals surface area contributed by atoms with Gasteiger partial charge in [-0.1, -0.05) is 44.2 Å². The molecule has 1 aliphatic heterocycles. The molecule has 2 rings (SSSR count). The predicted octanol–water partition coefficient (Wildman–Crippen LogP) is 3.39. The van der Waals surface area contributed by atoms with Crippen LogP contribution in [-0.4, -0.2) is 23.5 Å². The summed E-state index contributed by atoms with van der Waals surface area (Å²) in [6.07, 6.45) is -0.134. The lowest BCUT2D eigenvalue weighted by molar-refractivity contribution is -0.127. The van der Waals surface area contributed by atoms with Crippen molar-refractivity contribution in [3.05, 3.63) is 35.9 Å². The zero-order valence-corrected chi connectivity index (χ0v) is 12.2. The molecule has 1 aromatic carbocycles. The summed E-state index contributed by atoms with van der Waals surface area (Å²) in [6.45, 7) is 6.19. The van der Waals surface area contributed by atoms with Crippen LogP contribution in [0.4, 0.5) is 4.79 Å². The molecule has 108 valence electrons. The Hall–Kier alpha value is -1.84. The van der Waals surface area contributed by atoms with Crippen molar-refractivity contribution in [2.45, 2.75) is 33.2 Å². The predicted molar refractivity (Wildman–Crippen MR) is 76.0 cm³/mol. The van der Waals surface area contributed by atoms with Crippen molar-refractivity contribution in [1.82, 2.24) is 4.90 Å². The topological polar surface area (TPSA) is 46.6 Å². The molecule has 1 aliphatic rings. The molecule has 1 aromatic rings. The van der Waals surface area contributed by atoms with E-state index in [2.05, 4.69) is 13.8 Å². The molecule has 20 heavy (non-hydrogen) atoms. The first-order valence-electron chi connectivity index (χ1n) is 7.10. The number of rotatable bonds is 3. The lowest BCUT2D eigenvalue weighted by atomic mass is 9.85. The molecule has 0 N–H and O–H groups in total. The van der Waals surface area contributed by atoms with Crippen LogP contribution in [0.1, 0.15) is 38.8 Å². The number of hydrogen-bond acceptors (Lipinski definition) is 3. The fraction of sp³-hybridized carbons (Fsp3) is 0.500. The number of imide groups is 1. The van der Waals surface area contributed by atoms with Gasteiger partial charge < -0.3 is 4.74 Å². The molecule has 0 aromatic heterocycles. The van der Waals surface area contributed by atoms with Crippen LogP contribution in [0, 0.1) is 11.8 Å². The Kier molecular flexibility index (Phi) is 4.42.